The first-order chi connectivity index (χ1) is 17.0. The number of nitrogens with zero attached hydrogens (tertiary/aromatic N) is 1. The summed E-state index contributed by atoms with van der Waals surface area (Å²) in [4.78, 5) is 24.0. The molecule has 1 amide bonds. The van der Waals surface area contributed by atoms with Crippen LogP contribution in [0.15, 0.2) is 78.9 Å². The Kier molecular flexibility index (Phi) is 7.57. The molecule has 2 atom stereocenters. The quantitative estimate of drug-likeness (QED) is 0.264. The van der Waals surface area contributed by atoms with E-state index in [0.29, 0.717) is 12.2 Å². The SMILES string of the molecule is Cc1nsc(-c2ccc(-c3ccc([C@@H](C)OC=O)cc3)cc2)c1NC(=O)O[C@H](C)c1ccccc1. The molecule has 178 valence electrons. The zero-order valence-corrected chi connectivity index (χ0v) is 20.5. The maximum Gasteiger partial charge on any atom is 0.412 e. The molecule has 0 saturated carbocycles. The molecule has 0 radical (unpaired) electrons. The highest BCUT2D eigenvalue weighted by atomic mass is 32.1. The van der Waals surface area contributed by atoms with Gasteiger partial charge in [-0.25, -0.2) is 4.79 Å². The predicted octanol–water partition coefficient (Wildman–Crippen LogP) is 7.33. The highest BCUT2D eigenvalue weighted by Gasteiger charge is 2.18. The van der Waals surface area contributed by atoms with Crippen LogP contribution in [0.1, 0.15) is 42.9 Å². The number of aromatic nitrogens is 1. The normalized spacial score (nSPS) is 12.4. The third-order valence-corrected chi connectivity index (χ3v) is 6.75. The standard InChI is InChI=1S/C28H26N2O4S/c1-18-26(29-28(32)34-20(3)21-7-5-4-6-8-21)27(35-30-18)25-15-13-24(14-16-25)23-11-9-22(10-12-23)19(2)33-17-31/h4-17,19-20H,1-3H3,(H,29,32)/t19-,20-/m1/s1. The molecule has 4 rings (SSSR count). The van der Waals surface area contributed by atoms with Crippen LogP contribution in [0, 0.1) is 6.92 Å². The van der Waals surface area contributed by atoms with Crippen LogP contribution in [-0.4, -0.2) is 16.9 Å². The molecule has 0 saturated heterocycles. The Labute approximate surface area is 208 Å². The fraction of sp³-hybridized carbons (Fsp3) is 0.179. The van der Waals surface area contributed by atoms with Crippen molar-refractivity contribution in [3.05, 3.63) is 95.7 Å². The van der Waals surface area contributed by atoms with Crippen molar-refractivity contribution in [1.82, 2.24) is 4.37 Å². The van der Waals surface area contributed by atoms with Gasteiger partial charge in [0.25, 0.3) is 6.47 Å². The van der Waals surface area contributed by atoms with Gasteiger partial charge in [-0.3, -0.25) is 10.1 Å². The minimum absolute atomic E-state index is 0.285. The van der Waals surface area contributed by atoms with Crippen LogP contribution in [0.2, 0.25) is 0 Å². The molecule has 0 spiro atoms. The van der Waals surface area contributed by atoms with Crippen LogP contribution in [0.25, 0.3) is 21.6 Å². The maximum atomic E-state index is 12.6. The van der Waals surface area contributed by atoms with Crippen LogP contribution >= 0.6 is 11.5 Å². The van der Waals surface area contributed by atoms with Crippen molar-refractivity contribution in [3.63, 3.8) is 0 Å². The van der Waals surface area contributed by atoms with Gasteiger partial charge in [-0.15, -0.1) is 0 Å². The van der Waals surface area contributed by atoms with Gasteiger partial charge in [0.1, 0.15) is 12.2 Å². The first-order valence-corrected chi connectivity index (χ1v) is 12.0. The molecule has 0 bridgehead atoms. The second kappa shape index (κ2) is 11.0. The summed E-state index contributed by atoms with van der Waals surface area (Å²) in [5, 5.41) is 2.88. The highest BCUT2D eigenvalue weighted by Crippen LogP contribution is 2.36. The van der Waals surface area contributed by atoms with Crippen molar-refractivity contribution in [3.8, 4) is 21.6 Å². The largest absolute Gasteiger partial charge is 0.460 e. The van der Waals surface area contributed by atoms with Gasteiger partial charge in [0.05, 0.1) is 16.3 Å². The molecule has 0 aliphatic rings. The average Bonchev–Trinajstić information content (AvgIpc) is 3.24. The van der Waals surface area contributed by atoms with Gasteiger partial charge in [0.2, 0.25) is 0 Å². The summed E-state index contributed by atoms with van der Waals surface area (Å²) in [6.07, 6.45) is -1.17. The maximum absolute atomic E-state index is 12.6. The lowest BCUT2D eigenvalue weighted by Crippen LogP contribution is -2.16. The zero-order valence-electron chi connectivity index (χ0n) is 19.7. The second-order valence-electron chi connectivity index (χ2n) is 8.13. The van der Waals surface area contributed by atoms with Gasteiger partial charge in [0, 0.05) is 0 Å². The van der Waals surface area contributed by atoms with E-state index in [2.05, 4.69) is 9.69 Å². The lowest BCUT2D eigenvalue weighted by Gasteiger charge is -2.15. The minimum atomic E-state index is -0.518. The molecule has 0 fully saturated rings. The summed E-state index contributed by atoms with van der Waals surface area (Å²) in [5.41, 5.74) is 6.31. The number of nitrogens with one attached hydrogen (secondary N) is 1. The molecular formula is C28H26N2O4S. The van der Waals surface area contributed by atoms with Crippen molar-refractivity contribution < 1.29 is 19.1 Å². The van der Waals surface area contributed by atoms with E-state index in [0.717, 1.165) is 38.4 Å². The van der Waals surface area contributed by atoms with E-state index >= 15 is 0 Å². The number of aryl methyl sites for hydroxylation is 1. The van der Waals surface area contributed by atoms with Crippen molar-refractivity contribution in [2.75, 3.05) is 5.32 Å². The fourth-order valence-corrected chi connectivity index (χ4v) is 4.57. The predicted molar refractivity (Wildman–Crippen MR) is 138 cm³/mol. The van der Waals surface area contributed by atoms with Crippen LogP contribution in [0.3, 0.4) is 0 Å². The van der Waals surface area contributed by atoms with Gasteiger partial charge >= 0.3 is 6.09 Å². The number of carbonyl (C=O) groups excluding carboxylic acids is 2. The molecule has 6 nitrogen and oxygen atoms in total. The van der Waals surface area contributed by atoms with E-state index in [1.807, 2.05) is 99.6 Å². The molecule has 35 heavy (non-hydrogen) atoms. The van der Waals surface area contributed by atoms with Gasteiger partial charge in [-0.05, 0) is 60.1 Å². The summed E-state index contributed by atoms with van der Waals surface area (Å²) < 4.78 is 15.0. The zero-order chi connectivity index (χ0) is 24.8. The highest BCUT2D eigenvalue weighted by molar-refractivity contribution is 7.10. The number of ether oxygens (including phenoxy) is 2. The minimum Gasteiger partial charge on any atom is -0.460 e. The molecule has 3 aromatic carbocycles. The molecule has 0 unspecified atom stereocenters. The topological polar surface area (TPSA) is 77.5 Å². The van der Waals surface area contributed by atoms with E-state index in [4.69, 9.17) is 9.47 Å². The first kappa shape index (κ1) is 24.2. The lowest BCUT2D eigenvalue weighted by molar-refractivity contribution is -0.133. The Morgan fingerprint density at radius 3 is 2.06 bits per heavy atom. The van der Waals surface area contributed by atoms with Gasteiger partial charge in [-0.1, -0.05) is 78.9 Å². The number of hydrogen-bond acceptors (Lipinski definition) is 6. The summed E-state index contributed by atoms with van der Waals surface area (Å²) in [6.45, 7) is 6.00. The third kappa shape index (κ3) is 5.75. The first-order valence-electron chi connectivity index (χ1n) is 11.2. The lowest BCUT2D eigenvalue weighted by atomic mass is 10.0. The van der Waals surface area contributed by atoms with Crippen molar-refractivity contribution in [1.29, 1.82) is 0 Å². The Bertz CT molecular complexity index is 1290. The monoisotopic (exact) mass is 486 g/mol. The van der Waals surface area contributed by atoms with Crippen molar-refractivity contribution in [2.24, 2.45) is 0 Å². The molecule has 1 heterocycles. The number of carbonyl (C=O) groups is 2. The van der Waals surface area contributed by atoms with Crippen molar-refractivity contribution >= 4 is 29.8 Å². The summed E-state index contributed by atoms with van der Waals surface area (Å²) in [6, 6.07) is 25.6. The molecular weight excluding hydrogens is 460 g/mol. The van der Waals surface area contributed by atoms with Gasteiger partial charge in [-0.2, -0.15) is 4.37 Å². The van der Waals surface area contributed by atoms with Gasteiger partial charge < -0.3 is 9.47 Å². The Hall–Kier alpha value is -3.97. The molecule has 4 aromatic rings. The fourth-order valence-electron chi connectivity index (χ4n) is 3.72. The van der Waals surface area contributed by atoms with Crippen LogP contribution in [-0.2, 0) is 14.3 Å². The average molecular weight is 487 g/mol. The smallest absolute Gasteiger partial charge is 0.412 e. The van der Waals surface area contributed by atoms with Crippen LogP contribution < -0.4 is 5.32 Å². The molecule has 1 N–H and O–H groups in total. The van der Waals surface area contributed by atoms with E-state index in [-0.39, 0.29) is 12.2 Å². The van der Waals surface area contributed by atoms with Gasteiger partial charge in [0.15, 0.2) is 0 Å². The molecule has 1 aromatic heterocycles. The molecule has 0 aliphatic carbocycles. The van der Waals surface area contributed by atoms with Crippen LogP contribution in [0.4, 0.5) is 10.5 Å². The van der Waals surface area contributed by atoms with E-state index in [1.165, 1.54) is 11.5 Å². The van der Waals surface area contributed by atoms with E-state index in [9.17, 15) is 9.59 Å². The summed E-state index contributed by atoms with van der Waals surface area (Å²) >= 11 is 1.34. The molecule has 0 aliphatic heterocycles. The Morgan fingerprint density at radius 2 is 1.43 bits per heavy atom. The Morgan fingerprint density at radius 1 is 0.857 bits per heavy atom. The van der Waals surface area contributed by atoms with Crippen molar-refractivity contribution in [2.45, 2.75) is 33.0 Å². The van der Waals surface area contributed by atoms with E-state index in [1.54, 1.807) is 0 Å². The number of hydrogen-bond donors (Lipinski definition) is 1. The number of benzene rings is 3. The molecule has 7 heteroatoms. The Balaban J connectivity index is 1.47. The van der Waals surface area contributed by atoms with E-state index < -0.39 is 6.09 Å². The third-order valence-electron chi connectivity index (χ3n) is 5.76. The number of anilines is 1. The second-order valence-corrected chi connectivity index (χ2v) is 8.90. The summed E-state index contributed by atoms with van der Waals surface area (Å²) in [5.74, 6) is 0. The number of amides is 1. The number of rotatable bonds is 8. The summed E-state index contributed by atoms with van der Waals surface area (Å²) in [7, 11) is 0. The van der Waals surface area contributed by atoms with Crippen LogP contribution in [0.5, 0.6) is 0 Å².